The second kappa shape index (κ2) is 1.97. The molecule has 0 radical (unpaired) electrons. The van der Waals surface area contributed by atoms with E-state index in [1.807, 2.05) is 0 Å². The topological polar surface area (TPSA) is 20.2 Å². The first-order valence-electron chi connectivity index (χ1n) is 4.44. The molecule has 58 valence electrons. The Bertz CT molecular complexity index is 140. The Morgan fingerprint density at radius 2 is 2.30 bits per heavy atom. The van der Waals surface area contributed by atoms with Crippen LogP contribution < -0.4 is 0 Å². The van der Waals surface area contributed by atoms with E-state index in [2.05, 4.69) is 6.92 Å². The molecule has 0 aromatic carbocycles. The molecule has 2 rings (SSSR count). The fourth-order valence-electron chi connectivity index (χ4n) is 2.84. The van der Waals surface area contributed by atoms with Crippen LogP contribution in [0.15, 0.2) is 0 Å². The summed E-state index contributed by atoms with van der Waals surface area (Å²) in [4.78, 5) is 0. The van der Waals surface area contributed by atoms with E-state index in [1.54, 1.807) is 0 Å². The highest BCUT2D eigenvalue weighted by Gasteiger charge is 2.48. The lowest BCUT2D eigenvalue weighted by Crippen LogP contribution is -2.20. The van der Waals surface area contributed by atoms with Crippen molar-refractivity contribution < 1.29 is 5.11 Å². The zero-order chi connectivity index (χ0) is 7.19. The third-order valence-electron chi connectivity index (χ3n) is 3.68. The van der Waals surface area contributed by atoms with Crippen LogP contribution in [0.2, 0.25) is 0 Å². The number of rotatable bonds is 1. The molecule has 10 heavy (non-hydrogen) atoms. The number of aliphatic hydroxyl groups is 1. The van der Waals surface area contributed by atoms with Crippen molar-refractivity contribution in [3.05, 3.63) is 0 Å². The van der Waals surface area contributed by atoms with Crippen LogP contribution in [0.4, 0.5) is 0 Å². The summed E-state index contributed by atoms with van der Waals surface area (Å²) in [5, 5.41) is 9.52. The maximum Gasteiger partial charge on any atom is 0.0573 e. The second-order valence-electron chi connectivity index (χ2n) is 4.13. The fraction of sp³-hybridized carbons (Fsp3) is 1.00. The second-order valence-corrected chi connectivity index (χ2v) is 4.13. The molecule has 3 atom stereocenters. The van der Waals surface area contributed by atoms with Crippen molar-refractivity contribution in [2.24, 2.45) is 11.3 Å². The van der Waals surface area contributed by atoms with E-state index in [-0.39, 0.29) is 6.10 Å². The number of hydrogen-bond acceptors (Lipinski definition) is 1. The van der Waals surface area contributed by atoms with Crippen molar-refractivity contribution in [2.75, 3.05) is 0 Å². The summed E-state index contributed by atoms with van der Waals surface area (Å²) in [5.41, 5.74) is 0.573. The van der Waals surface area contributed by atoms with E-state index in [1.165, 1.54) is 25.7 Å². The van der Waals surface area contributed by atoms with Gasteiger partial charge in [0.05, 0.1) is 6.10 Å². The largest absolute Gasteiger partial charge is 0.393 e. The first kappa shape index (κ1) is 6.66. The van der Waals surface area contributed by atoms with Crippen LogP contribution in [0.5, 0.6) is 0 Å². The standard InChI is InChI=1S/C9H16O/c1-2-9-4-3-7(5-9)8(10)6-9/h7-8,10H,2-6H2,1H3. The van der Waals surface area contributed by atoms with E-state index in [4.69, 9.17) is 0 Å². The van der Waals surface area contributed by atoms with Gasteiger partial charge in [0.1, 0.15) is 0 Å². The van der Waals surface area contributed by atoms with Crippen molar-refractivity contribution >= 4 is 0 Å². The lowest BCUT2D eigenvalue weighted by molar-refractivity contribution is 0.0941. The van der Waals surface area contributed by atoms with Crippen molar-refractivity contribution in [3.8, 4) is 0 Å². The van der Waals surface area contributed by atoms with E-state index >= 15 is 0 Å². The minimum absolute atomic E-state index is 0.0497. The van der Waals surface area contributed by atoms with Gasteiger partial charge in [0, 0.05) is 0 Å². The third-order valence-corrected chi connectivity index (χ3v) is 3.68. The van der Waals surface area contributed by atoms with Gasteiger partial charge in [-0.3, -0.25) is 0 Å². The monoisotopic (exact) mass is 140 g/mol. The van der Waals surface area contributed by atoms with Gasteiger partial charge in [-0.15, -0.1) is 0 Å². The van der Waals surface area contributed by atoms with Gasteiger partial charge in [-0.25, -0.2) is 0 Å². The molecule has 0 aromatic rings. The molecule has 2 bridgehead atoms. The van der Waals surface area contributed by atoms with Crippen molar-refractivity contribution in [3.63, 3.8) is 0 Å². The molecule has 1 N–H and O–H groups in total. The Labute approximate surface area is 62.4 Å². The minimum atomic E-state index is 0.0497. The summed E-state index contributed by atoms with van der Waals surface area (Å²) in [6, 6.07) is 0. The Balaban J connectivity index is 2.14. The molecule has 0 heterocycles. The van der Waals surface area contributed by atoms with Gasteiger partial charge in [-0.1, -0.05) is 13.3 Å². The minimum Gasteiger partial charge on any atom is -0.393 e. The van der Waals surface area contributed by atoms with Crippen LogP contribution in [-0.4, -0.2) is 11.2 Å². The maximum atomic E-state index is 9.52. The van der Waals surface area contributed by atoms with Gasteiger partial charge in [-0.05, 0) is 37.0 Å². The Morgan fingerprint density at radius 1 is 1.50 bits per heavy atom. The van der Waals surface area contributed by atoms with Crippen LogP contribution in [0.1, 0.15) is 39.0 Å². The van der Waals surface area contributed by atoms with Gasteiger partial charge in [0.25, 0.3) is 0 Å². The summed E-state index contributed by atoms with van der Waals surface area (Å²) in [5.74, 6) is 0.667. The zero-order valence-corrected chi connectivity index (χ0v) is 6.64. The summed E-state index contributed by atoms with van der Waals surface area (Å²) < 4.78 is 0. The maximum absolute atomic E-state index is 9.52. The Kier molecular flexibility index (Phi) is 1.31. The molecular weight excluding hydrogens is 124 g/mol. The predicted molar refractivity (Wildman–Crippen MR) is 40.7 cm³/mol. The normalized spacial score (nSPS) is 52.2. The molecular formula is C9H16O. The van der Waals surface area contributed by atoms with Crippen LogP contribution in [0.3, 0.4) is 0 Å². The van der Waals surface area contributed by atoms with Crippen LogP contribution >= 0.6 is 0 Å². The summed E-state index contributed by atoms with van der Waals surface area (Å²) >= 11 is 0. The smallest absolute Gasteiger partial charge is 0.0573 e. The van der Waals surface area contributed by atoms with E-state index in [0.717, 1.165) is 6.42 Å². The van der Waals surface area contributed by atoms with E-state index < -0.39 is 0 Å². The van der Waals surface area contributed by atoms with Crippen molar-refractivity contribution in [1.29, 1.82) is 0 Å². The Hall–Kier alpha value is -0.0400. The number of hydrogen-bond donors (Lipinski definition) is 1. The molecule has 1 nitrogen and oxygen atoms in total. The summed E-state index contributed by atoms with van der Waals surface area (Å²) in [6.45, 7) is 2.26. The Morgan fingerprint density at radius 3 is 2.60 bits per heavy atom. The lowest BCUT2D eigenvalue weighted by Gasteiger charge is -2.26. The van der Waals surface area contributed by atoms with Crippen LogP contribution in [0.25, 0.3) is 0 Å². The highest BCUT2D eigenvalue weighted by molar-refractivity contribution is 4.99. The van der Waals surface area contributed by atoms with Crippen LogP contribution in [0, 0.1) is 11.3 Å². The van der Waals surface area contributed by atoms with E-state index in [9.17, 15) is 5.11 Å². The molecule has 3 unspecified atom stereocenters. The van der Waals surface area contributed by atoms with Gasteiger partial charge in [0.15, 0.2) is 0 Å². The number of fused-ring (bicyclic) bond motifs is 2. The molecule has 2 aliphatic rings. The predicted octanol–water partition coefficient (Wildman–Crippen LogP) is 1.95. The van der Waals surface area contributed by atoms with Gasteiger partial charge in [0.2, 0.25) is 0 Å². The van der Waals surface area contributed by atoms with Crippen molar-refractivity contribution in [1.82, 2.24) is 0 Å². The average molecular weight is 140 g/mol. The fourth-order valence-corrected chi connectivity index (χ4v) is 2.84. The zero-order valence-electron chi connectivity index (χ0n) is 6.64. The molecule has 0 aliphatic heterocycles. The van der Waals surface area contributed by atoms with E-state index in [0.29, 0.717) is 11.3 Å². The molecule has 1 heteroatoms. The third kappa shape index (κ3) is 0.731. The van der Waals surface area contributed by atoms with Gasteiger partial charge < -0.3 is 5.11 Å². The van der Waals surface area contributed by atoms with Crippen LogP contribution in [-0.2, 0) is 0 Å². The number of aliphatic hydroxyl groups excluding tert-OH is 1. The highest BCUT2D eigenvalue weighted by atomic mass is 16.3. The molecule has 2 fully saturated rings. The quantitative estimate of drug-likeness (QED) is 0.590. The first-order chi connectivity index (χ1) is 4.76. The summed E-state index contributed by atoms with van der Waals surface area (Å²) in [6.07, 6.45) is 6.40. The SMILES string of the molecule is CCC12CCC(C1)C(O)C2. The first-order valence-corrected chi connectivity index (χ1v) is 4.44. The molecule has 0 saturated heterocycles. The molecule has 0 amide bonds. The molecule has 2 aliphatic carbocycles. The van der Waals surface area contributed by atoms with Gasteiger partial charge in [-0.2, -0.15) is 0 Å². The lowest BCUT2D eigenvalue weighted by atomic mass is 9.81. The average Bonchev–Trinajstić information content (AvgIpc) is 2.45. The van der Waals surface area contributed by atoms with Gasteiger partial charge >= 0.3 is 0 Å². The molecule has 0 spiro atoms. The summed E-state index contributed by atoms with van der Waals surface area (Å²) in [7, 11) is 0. The molecule has 0 aromatic heterocycles. The molecule has 2 saturated carbocycles. The van der Waals surface area contributed by atoms with Crippen molar-refractivity contribution in [2.45, 2.75) is 45.1 Å². The highest BCUT2D eigenvalue weighted by Crippen LogP contribution is 2.55.